The molecule has 1 saturated heterocycles. The first-order chi connectivity index (χ1) is 12.0. The Balaban J connectivity index is 1.74. The number of halogens is 3. The number of carbonyl (C=O) groups excluding carboxylic acids is 1. The van der Waals surface area contributed by atoms with Crippen molar-refractivity contribution < 1.29 is 22.7 Å². The van der Waals surface area contributed by atoms with Crippen molar-refractivity contribution in [2.45, 2.75) is 51.4 Å². The second-order valence-electron chi connectivity index (χ2n) is 7.84. The van der Waals surface area contributed by atoms with Gasteiger partial charge in [0, 0.05) is 12.7 Å². The summed E-state index contributed by atoms with van der Waals surface area (Å²) in [5, 5.41) is 0. The molecule has 3 atom stereocenters. The standard InChI is InChI=1S/C19H21F3N2O2/c1-18(2,3)26-17(25)24-11-13-8-12(13)9-16(24)7-6-15-5-4-14(10-23-15)19(20,21)22/h4-5,10,12-13,16H,8-9,11H2,1-3H3/t12-,13+,16-/m1/s1. The fourth-order valence-electron chi connectivity index (χ4n) is 3.07. The Morgan fingerprint density at radius 3 is 2.54 bits per heavy atom. The monoisotopic (exact) mass is 366 g/mol. The van der Waals surface area contributed by atoms with Gasteiger partial charge in [0.05, 0.1) is 11.6 Å². The van der Waals surface area contributed by atoms with Crippen LogP contribution in [0.4, 0.5) is 18.0 Å². The smallest absolute Gasteiger partial charge is 0.417 e. The minimum absolute atomic E-state index is 0.250. The number of hydrogen-bond acceptors (Lipinski definition) is 3. The number of nitrogens with zero attached hydrogens (tertiary/aromatic N) is 2. The van der Waals surface area contributed by atoms with E-state index in [-0.39, 0.29) is 11.7 Å². The van der Waals surface area contributed by atoms with Gasteiger partial charge in [0.15, 0.2) is 0 Å². The van der Waals surface area contributed by atoms with Gasteiger partial charge in [-0.05, 0) is 63.5 Å². The maximum Gasteiger partial charge on any atom is 0.417 e. The molecule has 0 unspecified atom stereocenters. The Labute approximate surface area is 150 Å². The van der Waals surface area contributed by atoms with Crippen LogP contribution >= 0.6 is 0 Å². The van der Waals surface area contributed by atoms with E-state index in [0.717, 1.165) is 25.1 Å². The van der Waals surface area contributed by atoms with Crippen LogP contribution in [0.25, 0.3) is 0 Å². The molecule has 1 amide bonds. The lowest BCUT2D eigenvalue weighted by molar-refractivity contribution is -0.137. The predicted octanol–water partition coefficient (Wildman–Crippen LogP) is 4.10. The van der Waals surface area contributed by atoms with E-state index in [0.29, 0.717) is 18.4 Å². The molecule has 2 fully saturated rings. The van der Waals surface area contributed by atoms with Crippen LogP contribution in [0.15, 0.2) is 18.3 Å². The molecule has 3 rings (SSSR count). The molecule has 1 aromatic rings. The number of likely N-dealkylation sites (tertiary alicyclic amines) is 1. The lowest BCUT2D eigenvalue weighted by atomic mass is 10.0. The highest BCUT2D eigenvalue weighted by Gasteiger charge is 2.47. The molecule has 0 N–H and O–H groups in total. The largest absolute Gasteiger partial charge is 0.444 e. The van der Waals surface area contributed by atoms with Gasteiger partial charge in [-0.3, -0.25) is 4.90 Å². The summed E-state index contributed by atoms with van der Waals surface area (Å²) in [5.41, 5.74) is -1.15. The van der Waals surface area contributed by atoms with Crippen molar-refractivity contribution in [3.8, 4) is 11.8 Å². The quantitative estimate of drug-likeness (QED) is 0.650. The van der Waals surface area contributed by atoms with Crippen LogP contribution in [0.1, 0.15) is 44.9 Å². The van der Waals surface area contributed by atoms with Crippen molar-refractivity contribution in [1.29, 1.82) is 0 Å². The summed E-state index contributed by atoms with van der Waals surface area (Å²) in [7, 11) is 0. The van der Waals surface area contributed by atoms with Crippen molar-refractivity contribution in [1.82, 2.24) is 9.88 Å². The number of ether oxygens (including phenoxy) is 1. The Morgan fingerprint density at radius 2 is 1.96 bits per heavy atom. The number of alkyl halides is 3. The first-order valence-electron chi connectivity index (χ1n) is 8.57. The summed E-state index contributed by atoms with van der Waals surface area (Å²) in [6.07, 6.45) is -2.21. The minimum Gasteiger partial charge on any atom is -0.444 e. The van der Waals surface area contributed by atoms with E-state index in [1.54, 1.807) is 4.90 Å². The van der Waals surface area contributed by atoms with Gasteiger partial charge in [0.25, 0.3) is 0 Å². The van der Waals surface area contributed by atoms with Gasteiger partial charge in [0.2, 0.25) is 0 Å². The molecule has 1 aliphatic heterocycles. The number of piperidine rings is 1. The van der Waals surface area contributed by atoms with Gasteiger partial charge in [-0.15, -0.1) is 0 Å². The average Bonchev–Trinajstić information content (AvgIpc) is 3.28. The van der Waals surface area contributed by atoms with Crippen molar-refractivity contribution in [3.05, 3.63) is 29.6 Å². The van der Waals surface area contributed by atoms with Crippen molar-refractivity contribution in [2.75, 3.05) is 6.54 Å². The molecule has 2 heterocycles. The summed E-state index contributed by atoms with van der Waals surface area (Å²) in [6.45, 7) is 6.03. The number of hydrogen-bond donors (Lipinski definition) is 0. The summed E-state index contributed by atoms with van der Waals surface area (Å²) in [5.74, 6) is 6.87. The lowest BCUT2D eigenvalue weighted by Gasteiger charge is -2.33. The van der Waals surface area contributed by atoms with Crippen LogP contribution in [0.5, 0.6) is 0 Å². The molecular weight excluding hydrogens is 345 g/mol. The molecule has 0 bridgehead atoms. The van der Waals surface area contributed by atoms with Crippen LogP contribution in [-0.4, -0.2) is 34.2 Å². The normalized spacial score (nSPS) is 25.0. The lowest BCUT2D eigenvalue weighted by Crippen LogP contribution is -2.46. The summed E-state index contributed by atoms with van der Waals surface area (Å²) < 4.78 is 43.2. The third-order valence-electron chi connectivity index (χ3n) is 4.49. The van der Waals surface area contributed by atoms with E-state index < -0.39 is 23.4 Å². The van der Waals surface area contributed by atoms with Crippen LogP contribution in [0, 0.1) is 23.7 Å². The van der Waals surface area contributed by atoms with Gasteiger partial charge in [-0.1, -0.05) is 5.92 Å². The van der Waals surface area contributed by atoms with Crippen LogP contribution in [0.3, 0.4) is 0 Å². The third-order valence-corrected chi connectivity index (χ3v) is 4.49. The summed E-state index contributed by atoms with van der Waals surface area (Å²) in [4.78, 5) is 17.8. The van der Waals surface area contributed by atoms with Crippen molar-refractivity contribution in [2.24, 2.45) is 11.8 Å². The SMILES string of the molecule is CC(C)(C)OC(=O)N1C[C@@H]2C[C@@H]2C[C@H]1C#Cc1ccc(C(F)(F)F)cn1. The molecule has 1 aliphatic carbocycles. The molecule has 0 aromatic carbocycles. The highest BCUT2D eigenvalue weighted by molar-refractivity contribution is 5.69. The molecule has 1 aromatic heterocycles. The van der Waals surface area contributed by atoms with E-state index >= 15 is 0 Å². The molecule has 2 aliphatic rings. The third kappa shape index (κ3) is 4.48. The first kappa shape index (κ1) is 18.6. The van der Waals surface area contributed by atoms with Gasteiger partial charge in [0.1, 0.15) is 11.3 Å². The van der Waals surface area contributed by atoms with Gasteiger partial charge in [-0.2, -0.15) is 13.2 Å². The maximum absolute atomic E-state index is 12.6. The van der Waals surface area contributed by atoms with Gasteiger partial charge in [-0.25, -0.2) is 9.78 Å². The minimum atomic E-state index is -4.42. The maximum atomic E-state index is 12.6. The zero-order chi connectivity index (χ0) is 19.1. The van der Waals surface area contributed by atoms with Crippen LogP contribution in [0.2, 0.25) is 0 Å². The fraction of sp³-hybridized carbons (Fsp3) is 0.579. The second-order valence-corrected chi connectivity index (χ2v) is 7.84. The Morgan fingerprint density at radius 1 is 1.23 bits per heavy atom. The van der Waals surface area contributed by atoms with Crippen molar-refractivity contribution in [3.63, 3.8) is 0 Å². The van der Waals surface area contributed by atoms with E-state index in [4.69, 9.17) is 4.74 Å². The fourth-order valence-corrected chi connectivity index (χ4v) is 3.07. The number of aromatic nitrogens is 1. The zero-order valence-corrected chi connectivity index (χ0v) is 14.9. The molecule has 1 saturated carbocycles. The highest BCUT2D eigenvalue weighted by atomic mass is 19.4. The molecule has 7 heteroatoms. The van der Waals surface area contributed by atoms with E-state index in [1.807, 2.05) is 20.8 Å². The zero-order valence-electron chi connectivity index (χ0n) is 14.9. The topological polar surface area (TPSA) is 42.4 Å². The Hall–Kier alpha value is -2.23. The number of amides is 1. The molecule has 26 heavy (non-hydrogen) atoms. The van der Waals surface area contributed by atoms with Gasteiger partial charge >= 0.3 is 12.3 Å². The van der Waals surface area contributed by atoms with E-state index in [2.05, 4.69) is 16.8 Å². The highest BCUT2D eigenvalue weighted by Crippen LogP contribution is 2.47. The van der Waals surface area contributed by atoms with Gasteiger partial charge < -0.3 is 4.74 Å². The molecule has 4 nitrogen and oxygen atoms in total. The van der Waals surface area contributed by atoms with Crippen molar-refractivity contribution >= 4 is 6.09 Å². The molecular formula is C19H21F3N2O2. The Kier molecular flexibility index (Phi) is 4.63. The molecule has 0 radical (unpaired) electrons. The number of fused-ring (bicyclic) bond motifs is 1. The van der Waals surface area contributed by atoms with E-state index in [9.17, 15) is 18.0 Å². The summed E-state index contributed by atoms with van der Waals surface area (Å²) in [6, 6.07) is 1.90. The number of pyridine rings is 1. The molecule has 140 valence electrons. The predicted molar refractivity (Wildman–Crippen MR) is 89.1 cm³/mol. The molecule has 0 spiro atoms. The second kappa shape index (κ2) is 6.49. The van der Waals surface area contributed by atoms with Crippen LogP contribution in [-0.2, 0) is 10.9 Å². The van der Waals surface area contributed by atoms with E-state index in [1.165, 1.54) is 6.07 Å². The Bertz CT molecular complexity index is 741. The van der Waals surface area contributed by atoms with Crippen LogP contribution < -0.4 is 0 Å². The summed E-state index contributed by atoms with van der Waals surface area (Å²) >= 11 is 0. The number of rotatable bonds is 0. The first-order valence-corrected chi connectivity index (χ1v) is 8.57. The average molecular weight is 366 g/mol. The number of carbonyl (C=O) groups is 1.